The molecule has 3 aromatic rings. The molecule has 2 N–H and O–H groups in total. The van der Waals surface area contributed by atoms with Crippen LogP contribution in [0.15, 0.2) is 62.6 Å². The minimum Gasteiger partial charge on any atom is -0.507 e. The van der Waals surface area contributed by atoms with Crippen molar-refractivity contribution in [3.63, 3.8) is 0 Å². The number of phenols is 1. The third-order valence-electron chi connectivity index (χ3n) is 4.63. The standard InChI is InChI=1S/C22H16N2O6S/c1-12-8-20(27)30-17-10-14(6-7-15(12)17)23-19(26)11-24-21(28)18(31-22(24)29)9-13-4-2-3-5-16(13)25/h2-10,25H,11H2,1H3,(H,23,26)/b18-9-. The Labute approximate surface area is 180 Å². The number of carbonyl (C=O) groups is 3. The average molecular weight is 436 g/mol. The zero-order valence-electron chi connectivity index (χ0n) is 16.2. The Hall–Kier alpha value is -3.85. The summed E-state index contributed by atoms with van der Waals surface area (Å²) in [6, 6.07) is 12.6. The maximum absolute atomic E-state index is 12.6. The van der Waals surface area contributed by atoms with Crippen LogP contribution in [-0.2, 0) is 9.59 Å². The minimum absolute atomic E-state index is 0.0229. The van der Waals surface area contributed by atoms with Crippen LogP contribution in [-0.4, -0.2) is 33.6 Å². The number of aromatic hydroxyl groups is 1. The Balaban J connectivity index is 1.49. The first-order valence-electron chi connectivity index (χ1n) is 9.19. The normalized spacial score (nSPS) is 15.1. The van der Waals surface area contributed by atoms with Gasteiger partial charge in [0.2, 0.25) is 5.91 Å². The van der Waals surface area contributed by atoms with E-state index in [1.54, 1.807) is 37.3 Å². The summed E-state index contributed by atoms with van der Waals surface area (Å²) < 4.78 is 5.16. The van der Waals surface area contributed by atoms with E-state index in [4.69, 9.17) is 4.42 Å². The van der Waals surface area contributed by atoms with Crippen LogP contribution in [0.4, 0.5) is 10.5 Å². The molecule has 0 saturated carbocycles. The molecule has 0 spiro atoms. The maximum atomic E-state index is 12.6. The Morgan fingerprint density at radius 2 is 1.94 bits per heavy atom. The maximum Gasteiger partial charge on any atom is 0.336 e. The van der Waals surface area contributed by atoms with Crippen LogP contribution in [0.1, 0.15) is 11.1 Å². The molecule has 1 aliphatic heterocycles. The van der Waals surface area contributed by atoms with Crippen molar-refractivity contribution in [1.29, 1.82) is 0 Å². The number of rotatable bonds is 4. The van der Waals surface area contributed by atoms with Crippen molar-refractivity contribution in [3.8, 4) is 5.75 Å². The number of hydrogen-bond donors (Lipinski definition) is 2. The van der Waals surface area contributed by atoms with E-state index in [0.717, 1.165) is 15.8 Å². The molecule has 31 heavy (non-hydrogen) atoms. The number of amides is 3. The molecule has 0 bridgehead atoms. The third-order valence-corrected chi connectivity index (χ3v) is 5.54. The van der Waals surface area contributed by atoms with Gasteiger partial charge in [0, 0.05) is 28.8 Å². The largest absolute Gasteiger partial charge is 0.507 e. The summed E-state index contributed by atoms with van der Waals surface area (Å²) >= 11 is 0.696. The highest BCUT2D eigenvalue weighted by Crippen LogP contribution is 2.33. The summed E-state index contributed by atoms with van der Waals surface area (Å²) in [4.78, 5) is 49.8. The van der Waals surface area contributed by atoms with Gasteiger partial charge in [-0.05, 0) is 48.5 Å². The van der Waals surface area contributed by atoms with Crippen molar-refractivity contribution in [2.45, 2.75) is 6.92 Å². The molecule has 2 heterocycles. The predicted octanol–water partition coefficient (Wildman–Crippen LogP) is 3.48. The van der Waals surface area contributed by atoms with Crippen molar-refractivity contribution in [1.82, 2.24) is 4.90 Å². The van der Waals surface area contributed by atoms with Crippen LogP contribution >= 0.6 is 11.8 Å². The lowest BCUT2D eigenvalue weighted by molar-refractivity contribution is -0.127. The lowest BCUT2D eigenvalue weighted by atomic mass is 10.1. The molecule has 1 saturated heterocycles. The van der Waals surface area contributed by atoms with E-state index in [-0.39, 0.29) is 10.7 Å². The fraction of sp³-hybridized carbons (Fsp3) is 0.0909. The van der Waals surface area contributed by atoms with Crippen molar-refractivity contribution in [2.24, 2.45) is 0 Å². The second kappa shape index (κ2) is 8.11. The monoisotopic (exact) mass is 436 g/mol. The van der Waals surface area contributed by atoms with Crippen LogP contribution in [0, 0.1) is 6.92 Å². The van der Waals surface area contributed by atoms with Crippen LogP contribution < -0.4 is 10.9 Å². The number of aryl methyl sites for hydroxylation is 1. The molecule has 8 nitrogen and oxygen atoms in total. The zero-order valence-corrected chi connectivity index (χ0v) is 17.1. The van der Waals surface area contributed by atoms with E-state index < -0.39 is 29.2 Å². The molecule has 4 rings (SSSR count). The van der Waals surface area contributed by atoms with Gasteiger partial charge in [0.15, 0.2) is 0 Å². The van der Waals surface area contributed by atoms with Crippen molar-refractivity contribution in [3.05, 3.63) is 75.0 Å². The van der Waals surface area contributed by atoms with Gasteiger partial charge in [-0.3, -0.25) is 19.3 Å². The summed E-state index contributed by atoms with van der Waals surface area (Å²) in [5.41, 5.74) is 1.33. The molecule has 0 radical (unpaired) electrons. The number of thioether (sulfide) groups is 1. The van der Waals surface area contributed by atoms with Crippen LogP contribution in [0.3, 0.4) is 0 Å². The molecule has 0 aliphatic carbocycles. The number of hydrogen-bond acceptors (Lipinski definition) is 7. The molecule has 2 aromatic carbocycles. The summed E-state index contributed by atoms with van der Waals surface area (Å²) in [6.07, 6.45) is 1.41. The molecule has 0 atom stereocenters. The molecule has 0 unspecified atom stereocenters. The second-order valence-electron chi connectivity index (χ2n) is 6.83. The molecule has 1 aromatic heterocycles. The fourth-order valence-corrected chi connectivity index (χ4v) is 3.96. The number of fused-ring (bicyclic) bond motifs is 1. The SMILES string of the molecule is Cc1cc(=O)oc2cc(NC(=O)CN3C(=O)S/C(=C\c4ccccc4O)C3=O)ccc12. The first-order chi connectivity index (χ1) is 14.8. The molecule has 1 aliphatic rings. The van der Waals surface area contributed by atoms with E-state index in [1.807, 2.05) is 0 Å². The van der Waals surface area contributed by atoms with Crippen molar-refractivity contribution < 1.29 is 23.9 Å². The Morgan fingerprint density at radius 3 is 2.71 bits per heavy atom. The highest BCUT2D eigenvalue weighted by Gasteiger charge is 2.36. The number of benzene rings is 2. The van der Waals surface area contributed by atoms with Crippen molar-refractivity contribution in [2.75, 3.05) is 11.9 Å². The lowest BCUT2D eigenvalue weighted by Crippen LogP contribution is -2.36. The van der Waals surface area contributed by atoms with Gasteiger partial charge in [-0.25, -0.2) is 4.79 Å². The highest BCUT2D eigenvalue weighted by molar-refractivity contribution is 8.18. The molecular formula is C22H16N2O6S. The Morgan fingerprint density at radius 1 is 1.16 bits per heavy atom. The summed E-state index contributed by atoms with van der Waals surface area (Å²) in [5.74, 6) is -1.22. The van der Waals surface area contributed by atoms with Gasteiger partial charge in [-0.15, -0.1) is 0 Å². The molecule has 1 fully saturated rings. The average Bonchev–Trinajstić information content (AvgIpc) is 2.96. The number of phenolic OH excluding ortho intramolecular Hbond substituents is 1. The van der Waals surface area contributed by atoms with E-state index in [9.17, 15) is 24.3 Å². The minimum atomic E-state index is -0.617. The van der Waals surface area contributed by atoms with Gasteiger partial charge >= 0.3 is 5.63 Å². The van der Waals surface area contributed by atoms with Crippen LogP contribution in [0.5, 0.6) is 5.75 Å². The van der Waals surface area contributed by atoms with Gasteiger partial charge in [0.1, 0.15) is 17.9 Å². The number of imide groups is 1. The topological polar surface area (TPSA) is 117 Å². The lowest BCUT2D eigenvalue weighted by Gasteiger charge is -2.12. The quantitative estimate of drug-likeness (QED) is 0.475. The van der Waals surface area contributed by atoms with Gasteiger partial charge in [-0.2, -0.15) is 0 Å². The molecule has 156 valence electrons. The van der Waals surface area contributed by atoms with Crippen LogP contribution in [0.2, 0.25) is 0 Å². The highest BCUT2D eigenvalue weighted by atomic mass is 32.2. The molecular weight excluding hydrogens is 420 g/mol. The van der Waals surface area contributed by atoms with E-state index >= 15 is 0 Å². The van der Waals surface area contributed by atoms with Gasteiger partial charge < -0.3 is 14.8 Å². The van der Waals surface area contributed by atoms with Crippen LogP contribution in [0.25, 0.3) is 17.0 Å². The predicted molar refractivity (Wildman–Crippen MR) is 117 cm³/mol. The Kier molecular flexibility index (Phi) is 5.35. The smallest absolute Gasteiger partial charge is 0.336 e. The second-order valence-corrected chi connectivity index (χ2v) is 7.83. The summed E-state index contributed by atoms with van der Waals surface area (Å²) in [5, 5.41) is 12.6. The number of anilines is 1. The van der Waals surface area contributed by atoms with Gasteiger partial charge in [0.25, 0.3) is 11.1 Å². The van der Waals surface area contributed by atoms with Crippen molar-refractivity contribution >= 4 is 51.5 Å². The number of nitrogens with one attached hydrogen (secondary N) is 1. The number of carbonyl (C=O) groups excluding carboxylic acids is 3. The fourth-order valence-electron chi connectivity index (χ4n) is 3.13. The summed E-state index contributed by atoms with van der Waals surface area (Å²) in [6.45, 7) is 1.30. The van der Waals surface area contributed by atoms with Gasteiger partial charge in [0.05, 0.1) is 4.91 Å². The number of nitrogens with zero attached hydrogens (tertiary/aromatic N) is 1. The summed E-state index contributed by atoms with van der Waals surface area (Å²) in [7, 11) is 0. The Bertz CT molecular complexity index is 1330. The molecule has 3 amide bonds. The van der Waals surface area contributed by atoms with Gasteiger partial charge in [-0.1, -0.05) is 18.2 Å². The van der Waals surface area contributed by atoms with E-state index in [0.29, 0.717) is 28.6 Å². The first kappa shape index (κ1) is 20.4. The third kappa shape index (κ3) is 4.22. The first-order valence-corrected chi connectivity index (χ1v) is 10.0. The zero-order chi connectivity index (χ0) is 22.1. The number of para-hydroxylation sites is 1. The molecule has 9 heteroatoms. The van der Waals surface area contributed by atoms with E-state index in [1.165, 1.54) is 24.3 Å². The van der Waals surface area contributed by atoms with E-state index in [2.05, 4.69) is 5.32 Å².